The van der Waals surface area contributed by atoms with Crippen LogP contribution in [0, 0.1) is 5.92 Å². The molecular weight excluding hydrogens is 142 g/mol. The van der Waals surface area contributed by atoms with Crippen molar-refractivity contribution in [3.63, 3.8) is 0 Å². The molecular formula is C8H17NO2. The molecule has 0 radical (unpaired) electrons. The van der Waals surface area contributed by atoms with Gasteiger partial charge in [-0.3, -0.25) is 4.79 Å². The molecule has 0 spiro atoms. The highest BCUT2D eigenvalue weighted by molar-refractivity contribution is 5.32. The summed E-state index contributed by atoms with van der Waals surface area (Å²) in [6.45, 7) is 5.56. The summed E-state index contributed by atoms with van der Waals surface area (Å²) in [5.41, 5.74) is 0. The molecule has 0 aliphatic carbocycles. The second-order valence-electron chi connectivity index (χ2n) is 3.09. The zero-order valence-corrected chi connectivity index (χ0v) is 7.21. The lowest BCUT2D eigenvalue weighted by Gasteiger charge is -2.24. The Hall–Kier alpha value is -0.570. The van der Waals surface area contributed by atoms with E-state index in [-0.39, 0.29) is 6.47 Å². The molecule has 2 N–H and O–H groups in total. The molecule has 0 saturated carbocycles. The van der Waals surface area contributed by atoms with Gasteiger partial charge in [0, 0.05) is 6.04 Å². The van der Waals surface area contributed by atoms with Gasteiger partial charge in [-0.2, -0.15) is 0 Å². The summed E-state index contributed by atoms with van der Waals surface area (Å²) in [5.74, 6) is 0.950. The lowest BCUT2D eigenvalue weighted by molar-refractivity contribution is -0.122. The van der Waals surface area contributed by atoms with Crippen molar-refractivity contribution in [2.45, 2.75) is 32.7 Å². The molecule has 0 amide bonds. The number of nitrogens with one attached hydrogen (secondary N) is 1. The van der Waals surface area contributed by atoms with Crippen molar-refractivity contribution in [2.24, 2.45) is 5.92 Å². The van der Waals surface area contributed by atoms with Crippen LogP contribution in [0.4, 0.5) is 0 Å². The Bertz CT molecular complexity index is 98.3. The molecule has 1 saturated heterocycles. The van der Waals surface area contributed by atoms with Crippen molar-refractivity contribution in [3.8, 4) is 0 Å². The van der Waals surface area contributed by atoms with E-state index in [2.05, 4.69) is 19.2 Å². The molecule has 2 unspecified atom stereocenters. The minimum Gasteiger partial charge on any atom is -0.483 e. The maximum atomic E-state index is 8.36. The van der Waals surface area contributed by atoms with Crippen LogP contribution < -0.4 is 5.32 Å². The smallest absolute Gasteiger partial charge is 0.290 e. The summed E-state index contributed by atoms with van der Waals surface area (Å²) in [6, 6.07) is 0.763. The van der Waals surface area contributed by atoms with Crippen LogP contribution in [0.3, 0.4) is 0 Å². The van der Waals surface area contributed by atoms with Crippen molar-refractivity contribution >= 4 is 6.47 Å². The average molecular weight is 159 g/mol. The summed E-state index contributed by atoms with van der Waals surface area (Å²) in [4.78, 5) is 8.36. The molecule has 1 aliphatic rings. The molecule has 1 rings (SSSR count). The lowest BCUT2D eigenvalue weighted by atomic mass is 9.96. The van der Waals surface area contributed by atoms with Crippen molar-refractivity contribution in [1.29, 1.82) is 0 Å². The molecule has 66 valence electrons. The average Bonchev–Trinajstić information content (AvgIpc) is 1.88. The third-order valence-electron chi connectivity index (χ3n) is 1.89. The fourth-order valence-electron chi connectivity index (χ4n) is 1.38. The van der Waals surface area contributed by atoms with Crippen LogP contribution in [0.2, 0.25) is 0 Å². The van der Waals surface area contributed by atoms with Gasteiger partial charge in [0.05, 0.1) is 0 Å². The Balaban J connectivity index is 0.000000292. The largest absolute Gasteiger partial charge is 0.483 e. The third kappa shape index (κ3) is 5.85. The van der Waals surface area contributed by atoms with Crippen LogP contribution in [-0.2, 0) is 4.79 Å². The predicted molar refractivity (Wildman–Crippen MR) is 44.6 cm³/mol. The van der Waals surface area contributed by atoms with Gasteiger partial charge in [-0.25, -0.2) is 0 Å². The first-order chi connectivity index (χ1) is 5.20. The van der Waals surface area contributed by atoms with Crippen molar-refractivity contribution < 1.29 is 9.90 Å². The monoisotopic (exact) mass is 159 g/mol. The molecule has 11 heavy (non-hydrogen) atoms. The molecule has 3 nitrogen and oxygen atoms in total. The third-order valence-corrected chi connectivity index (χ3v) is 1.89. The maximum Gasteiger partial charge on any atom is 0.290 e. The molecule has 1 aliphatic heterocycles. The highest BCUT2D eigenvalue weighted by Crippen LogP contribution is 2.13. The first-order valence-corrected chi connectivity index (χ1v) is 4.02. The van der Waals surface area contributed by atoms with E-state index in [9.17, 15) is 0 Å². The summed E-state index contributed by atoms with van der Waals surface area (Å²) < 4.78 is 0. The zero-order valence-electron chi connectivity index (χ0n) is 7.21. The minimum atomic E-state index is -0.250. The zero-order chi connectivity index (χ0) is 8.69. The maximum absolute atomic E-state index is 8.36. The van der Waals surface area contributed by atoms with Gasteiger partial charge in [0.1, 0.15) is 0 Å². The molecule has 0 aromatic carbocycles. The summed E-state index contributed by atoms with van der Waals surface area (Å²) in [5, 5.41) is 10.3. The molecule has 1 heterocycles. The summed E-state index contributed by atoms with van der Waals surface area (Å²) in [7, 11) is 0. The van der Waals surface area contributed by atoms with Gasteiger partial charge in [0.25, 0.3) is 6.47 Å². The first-order valence-electron chi connectivity index (χ1n) is 4.02. The fraction of sp³-hybridized carbons (Fsp3) is 0.875. The first kappa shape index (κ1) is 10.4. The standard InChI is InChI=1S/C7H15N.CH2O2/c1-6-3-4-8-7(2)5-6;2-1-3/h6-8H,3-5H2,1-2H3;1H,(H,2,3). The van der Waals surface area contributed by atoms with Crippen LogP contribution >= 0.6 is 0 Å². The van der Waals surface area contributed by atoms with Gasteiger partial charge < -0.3 is 10.4 Å². The Morgan fingerprint density at radius 1 is 1.55 bits per heavy atom. The van der Waals surface area contributed by atoms with Crippen LogP contribution in [-0.4, -0.2) is 24.2 Å². The predicted octanol–water partition coefficient (Wildman–Crippen LogP) is 1.10. The Kier molecular flexibility index (Phi) is 5.84. The topological polar surface area (TPSA) is 49.3 Å². The Labute approximate surface area is 67.8 Å². The second kappa shape index (κ2) is 6.16. The highest BCUT2D eigenvalue weighted by Gasteiger charge is 2.12. The van der Waals surface area contributed by atoms with E-state index in [1.807, 2.05) is 0 Å². The van der Waals surface area contributed by atoms with Gasteiger partial charge >= 0.3 is 0 Å². The van der Waals surface area contributed by atoms with Gasteiger partial charge in [-0.15, -0.1) is 0 Å². The molecule has 1 fully saturated rings. The van der Waals surface area contributed by atoms with E-state index in [1.54, 1.807) is 0 Å². The van der Waals surface area contributed by atoms with E-state index in [4.69, 9.17) is 9.90 Å². The quantitative estimate of drug-likeness (QED) is 0.520. The van der Waals surface area contributed by atoms with Crippen LogP contribution in [0.5, 0.6) is 0 Å². The van der Waals surface area contributed by atoms with E-state index in [0.29, 0.717) is 0 Å². The summed E-state index contributed by atoms with van der Waals surface area (Å²) >= 11 is 0. The van der Waals surface area contributed by atoms with Crippen LogP contribution in [0.1, 0.15) is 26.7 Å². The van der Waals surface area contributed by atoms with Gasteiger partial charge in [-0.05, 0) is 32.2 Å². The molecule has 0 bridgehead atoms. The molecule has 0 aromatic rings. The number of hydrogen-bond donors (Lipinski definition) is 2. The van der Waals surface area contributed by atoms with E-state index in [0.717, 1.165) is 12.0 Å². The van der Waals surface area contributed by atoms with Crippen LogP contribution in [0.25, 0.3) is 0 Å². The number of carbonyl (C=O) groups is 1. The van der Waals surface area contributed by atoms with Gasteiger partial charge in [0.15, 0.2) is 0 Å². The van der Waals surface area contributed by atoms with Crippen molar-refractivity contribution in [2.75, 3.05) is 6.54 Å². The summed E-state index contributed by atoms with van der Waals surface area (Å²) in [6.07, 6.45) is 2.73. The van der Waals surface area contributed by atoms with Gasteiger partial charge in [-0.1, -0.05) is 6.92 Å². The highest BCUT2D eigenvalue weighted by atomic mass is 16.3. The number of carboxylic acid groups (broad SMARTS) is 1. The van der Waals surface area contributed by atoms with Gasteiger partial charge in [0.2, 0.25) is 0 Å². The van der Waals surface area contributed by atoms with Crippen molar-refractivity contribution in [1.82, 2.24) is 5.32 Å². The van der Waals surface area contributed by atoms with E-state index in [1.165, 1.54) is 19.4 Å². The number of hydrogen-bond acceptors (Lipinski definition) is 2. The molecule has 0 aromatic heterocycles. The number of rotatable bonds is 0. The Morgan fingerprint density at radius 2 is 2.09 bits per heavy atom. The number of piperidine rings is 1. The van der Waals surface area contributed by atoms with E-state index < -0.39 is 0 Å². The molecule has 3 heteroatoms. The van der Waals surface area contributed by atoms with Crippen molar-refractivity contribution in [3.05, 3.63) is 0 Å². The Morgan fingerprint density at radius 3 is 2.36 bits per heavy atom. The normalized spacial score (nSPS) is 30.0. The SMILES string of the molecule is CC1CCNC(C)C1.O=CO. The van der Waals surface area contributed by atoms with Crippen LogP contribution in [0.15, 0.2) is 0 Å². The molecule has 2 atom stereocenters. The van der Waals surface area contributed by atoms with E-state index >= 15 is 0 Å². The minimum absolute atomic E-state index is 0.250. The fourth-order valence-corrected chi connectivity index (χ4v) is 1.38. The second-order valence-corrected chi connectivity index (χ2v) is 3.09. The lowest BCUT2D eigenvalue weighted by Crippen LogP contribution is -2.34.